The first kappa shape index (κ1) is 17.2. The first-order valence-corrected chi connectivity index (χ1v) is 8.31. The van der Waals surface area contributed by atoms with Gasteiger partial charge < -0.3 is 14.4 Å². The molecule has 0 aliphatic carbocycles. The summed E-state index contributed by atoms with van der Waals surface area (Å²) in [5.41, 5.74) is 2.32. The molecule has 0 fully saturated rings. The third kappa shape index (κ3) is 3.72. The van der Waals surface area contributed by atoms with E-state index in [0.29, 0.717) is 24.2 Å². The van der Waals surface area contributed by atoms with Gasteiger partial charge in [-0.05, 0) is 38.1 Å². The van der Waals surface area contributed by atoms with Gasteiger partial charge in [-0.2, -0.15) is 0 Å². The van der Waals surface area contributed by atoms with Crippen molar-refractivity contribution in [3.05, 3.63) is 75.4 Å². The highest BCUT2D eigenvalue weighted by Crippen LogP contribution is 2.27. The lowest BCUT2D eigenvalue weighted by Crippen LogP contribution is -3.09. The number of aromatic hydroxyl groups is 1. The van der Waals surface area contributed by atoms with E-state index in [1.54, 1.807) is 25.1 Å². The molecule has 0 aliphatic rings. The summed E-state index contributed by atoms with van der Waals surface area (Å²) in [4.78, 5) is 13.1. The summed E-state index contributed by atoms with van der Waals surface area (Å²) in [6.07, 6.45) is 0. The Bertz CT molecular complexity index is 965. The second-order valence-corrected chi connectivity index (χ2v) is 6.26. The van der Waals surface area contributed by atoms with Crippen LogP contribution in [0.1, 0.15) is 23.6 Å². The number of phenols is 1. The average molecular weight is 342 g/mol. The van der Waals surface area contributed by atoms with Crippen molar-refractivity contribution in [3.63, 3.8) is 0 Å². The minimum Gasteiger partial charge on any atom is -0.508 e. The van der Waals surface area contributed by atoms with Crippen LogP contribution >= 0.6 is 0 Å². The molecule has 0 saturated carbocycles. The van der Waals surface area contributed by atoms with Crippen molar-refractivity contribution < 1.29 is 18.8 Å². The second-order valence-electron chi connectivity index (χ2n) is 6.26. The van der Waals surface area contributed by atoms with E-state index in [9.17, 15) is 14.3 Å². The van der Waals surface area contributed by atoms with Gasteiger partial charge in [-0.15, -0.1) is 0 Å². The van der Waals surface area contributed by atoms with Gasteiger partial charge in [0.25, 0.3) is 0 Å². The zero-order valence-corrected chi connectivity index (χ0v) is 14.3. The number of halogens is 1. The van der Waals surface area contributed by atoms with Crippen molar-refractivity contribution in [3.8, 4) is 5.75 Å². The number of benzene rings is 2. The molecule has 1 unspecified atom stereocenters. The smallest absolute Gasteiger partial charge is 0.336 e. The van der Waals surface area contributed by atoms with E-state index in [1.807, 2.05) is 6.07 Å². The Morgan fingerprint density at radius 3 is 2.68 bits per heavy atom. The molecule has 3 rings (SSSR count). The maximum absolute atomic E-state index is 13.4. The van der Waals surface area contributed by atoms with E-state index in [0.717, 1.165) is 23.1 Å². The molecule has 1 atom stereocenters. The molecule has 1 aromatic heterocycles. The molecule has 5 heteroatoms. The fourth-order valence-electron chi connectivity index (χ4n) is 3.08. The molecule has 0 saturated heterocycles. The van der Waals surface area contributed by atoms with Crippen molar-refractivity contribution in [1.82, 2.24) is 0 Å². The topological polar surface area (TPSA) is 54.9 Å². The summed E-state index contributed by atoms with van der Waals surface area (Å²) >= 11 is 0. The fraction of sp³-hybridized carbons (Fsp3) is 0.250. The molecular weight excluding hydrogens is 321 g/mol. The largest absolute Gasteiger partial charge is 0.508 e. The Morgan fingerprint density at radius 2 is 1.96 bits per heavy atom. The maximum atomic E-state index is 13.4. The summed E-state index contributed by atoms with van der Waals surface area (Å²) in [7, 11) is 0. The normalized spacial score (nSPS) is 12.4. The summed E-state index contributed by atoms with van der Waals surface area (Å²) in [6, 6.07) is 11.5. The Balaban J connectivity index is 1.95. The highest BCUT2D eigenvalue weighted by atomic mass is 19.1. The number of quaternary nitrogens is 1. The number of hydrogen-bond donors (Lipinski definition) is 2. The van der Waals surface area contributed by atoms with Gasteiger partial charge >= 0.3 is 5.63 Å². The monoisotopic (exact) mass is 342 g/mol. The van der Waals surface area contributed by atoms with Crippen LogP contribution in [0.2, 0.25) is 0 Å². The Morgan fingerprint density at radius 1 is 1.16 bits per heavy atom. The average Bonchev–Trinajstić information content (AvgIpc) is 2.58. The highest BCUT2D eigenvalue weighted by molar-refractivity contribution is 5.84. The zero-order chi connectivity index (χ0) is 18.0. The Hall–Kier alpha value is -2.66. The number of rotatable bonds is 5. The first-order chi connectivity index (χ1) is 12.0. The van der Waals surface area contributed by atoms with E-state index in [1.165, 1.54) is 23.1 Å². The number of phenolic OH excluding ortho intramolecular Hbond substituents is 1. The molecule has 25 heavy (non-hydrogen) atoms. The van der Waals surface area contributed by atoms with Crippen LogP contribution < -0.4 is 10.5 Å². The van der Waals surface area contributed by atoms with Crippen LogP contribution in [0.3, 0.4) is 0 Å². The molecular formula is C20H21FNO3+. The molecule has 1 heterocycles. The van der Waals surface area contributed by atoms with Gasteiger partial charge in [-0.25, -0.2) is 9.18 Å². The molecule has 4 nitrogen and oxygen atoms in total. The van der Waals surface area contributed by atoms with Crippen molar-refractivity contribution in [2.24, 2.45) is 0 Å². The summed E-state index contributed by atoms with van der Waals surface area (Å²) in [6.45, 7) is 5.88. The summed E-state index contributed by atoms with van der Waals surface area (Å²) < 4.78 is 18.7. The lowest BCUT2D eigenvalue weighted by Gasteiger charge is -2.19. The van der Waals surface area contributed by atoms with Gasteiger partial charge in [-0.3, -0.25) is 0 Å². The van der Waals surface area contributed by atoms with Crippen LogP contribution in [-0.2, 0) is 13.1 Å². The minimum atomic E-state index is -0.433. The van der Waals surface area contributed by atoms with Crippen LogP contribution in [0.25, 0.3) is 11.0 Å². The van der Waals surface area contributed by atoms with Crippen molar-refractivity contribution in [2.45, 2.75) is 26.9 Å². The third-order valence-electron chi connectivity index (χ3n) is 4.50. The van der Waals surface area contributed by atoms with E-state index in [-0.39, 0.29) is 11.6 Å². The molecule has 0 aliphatic heterocycles. The lowest BCUT2D eigenvalue weighted by molar-refractivity contribution is -0.925. The van der Waals surface area contributed by atoms with Gasteiger partial charge in [0.1, 0.15) is 30.2 Å². The molecule has 0 bridgehead atoms. The van der Waals surface area contributed by atoms with Crippen molar-refractivity contribution in [1.29, 1.82) is 0 Å². The van der Waals surface area contributed by atoms with Crippen LogP contribution in [-0.4, -0.2) is 11.7 Å². The van der Waals surface area contributed by atoms with E-state index in [2.05, 4.69) is 6.92 Å². The van der Waals surface area contributed by atoms with E-state index in [4.69, 9.17) is 4.42 Å². The Labute approximate surface area is 145 Å². The van der Waals surface area contributed by atoms with Gasteiger partial charge in [-0.1, -0.05) is 12.1 Å². The number of nitrogens with one attached hydrogen (secondary N) is 1. The highest BCUT2D eigenvalue weighted by Gasteiger charge is 2.15. The maximum Gasteiger partial charge on any atom is 0.336 e. The summed E-state index contributed by atoms with van der Waals surface area (Å²) in [5, 5.41) is 10.7. The number of hydrogen-bond acceptors (Lipinski definition) is 3. The SMILES string of the molecule is CC[NH+](Cc1cccc(F)c1)Cc1cc(=O)oc2c(C)c(O)ccc12. The van der Waals surface area contributed by atoms with Crippen LogP contribution in [0.15, 0.2) is 51.7 Å². The Kier molecular flexibility index (Phi) is 4.86. The molecule has 2 aromatic carbocycles. The third-order valence-corrected chi connectivity index (χ3v) is 4.50. The van der Waals surface area contributed by atoms with E-state index < -0.39 is 5.63 Å². The van der Waals surface area contributed by atoms with Crippen LogP contribution in [0.5, 0.6) is 5.75 Å². The molecule has 3 aromatic rings. The minimum absolute atomic E-state index is 0.104. The van der Waals surface area contributed by atoms with Gasteiger partial charge in [0, 0.05) is 28.1 Å². The number of aryl methyl sites for hydroxylation is 1. The van der Waals surface area contributed by atoms with E-state index >= 15 is 0 Å². The van der Waals surface area contributed by atoms with Gasteiger partial charge in [0.15, 0.2) is 0 Å². The second kappa shape index (κ2) is 7.07. The molecule has 0 spiro atoms. The molecule has 2 N–H and O–H groups in total. The first-order valence-electron chi connectivity index (χ1n) is 8.31. The predicted molar refractivity (Wildman–Crippen MR) is 94.2 cm³/mol. The molecule has 130 valence electrons. The summed E-state index contributed by atoms with van der Waals surface area (Å²) in [5.74, 6) is -0.142. The van der Waals surface area contributed by atoms with Crippen molar-refractivity contribution in [2.75, 3.05) is 6.54 Å². The van der Waals surface area contributed by atoms with Gasteiger partial charge in [0.05, 0.1) is 6.54 Å². The molecule has 0 radical (unpaired) electrons. The standard InChI is InChI=1S/C20H20FNO3/c1-3-22(11-14-5-4-6-16(21)9-14)12-15-10-19(24)25-20-13(2)18(23)8-7-17(15)20/h4-10,23H,3,11-12H2,1-2H3/p+1. The molecule has 0 amide bonds. The zero-order valence-electron chi connectivity index (χ0n) is 14.3. The number of fused-ring (bicyclic) bond motifs is 1. The van der Waals surface area contributed by atoms with Crippen LogP contribution in [0, 0.1) is 12.7 Å². The predicted octanol–water partition coefficient (Wildman–Crippen LogP) is 2.55. The lowest BCUT2D eigenvalue weighted by atomic mass is 10.1. The fourth-order valence-corrected chi connectivity index (χ4v) is 3.08. The van der Waals surface area contributed by atoms with Gasteiger partial charge in [0.2, 0.25) is 0 Å². The van der Waals surface area contributed by atoms with Crippen LogP contribution in [0.4, 0.5) is 4.39 Å². The quantitative estimate of drug-likeness (QED) is 0.701. The van der Waals surface area contributed by atoms with Crippen molar-refractivity contribution >= 4 is 11.0 Å².